The molecule has 0 bridgehead atoms. The largest absolute Gasteiger partial charge is 0.491 e. The van der Waals surface area contributed by atoms with Gasteiger partial charge in [0.05, 0.1) is 0 Å². The molecule has 2 aliphatic rings. The number of aryl methyl sites for hydroxylation is 1. The van der Waals surface area contributed by atoms with Crippen LogP contribution in [0, 0.1) is 0 Å². The molecule has 0 spiro atoms. The van der Waals surface area contributed by atoms with E-state index in [1.807, 2.05) is 18.2 Å². The molecule has 1 N–H and O–H groups in total. The van der Waals surface area contributed by atoms with E-state index in [0.29, 0.717) is 13.2 Å². The third kappa shape index (κ3) is 4.80. The van der Waals surface area contributed by atoms with Crippen LogP contribution < -0.4 is 9.64 Å². The Bertz CT molecular complexity index is 773. The lowest BCUT2D eigenvalue weighted by Gasteiger charge is -2.37. The zero-order valence-corrected chi connectivity index (χ0v) is 17.1. The number of rotatable bonds is 6. The van der Waals surface area contributed by atoms with Crippen molar-refractivity contribution in [1.29, 1.82) is 0 Å². The van der Waals surface area contributed by atoms with Crippen LogP contribution in [-0.4, -0.2) is 55.4 Å². The molecule has 0 saturated carbocycles. The highest BCUT2D eigenvalue weighted by Gasteiger charge is 2.20. The van der Waals surface area contributed by atoms with Gasteiger partial charge in [-0.05, 0) is 67.1 Å². The Balaban J connectivity index is 1.24. The van der Waals surface area contributed by atoms with E-state index in [1.165, 1.54) is 29.7 Å². The van der Waals surface area contributed by atoms with E-state index in [1.54, 1.807) is 0 Å². The van der Waals surface area contributed by atoms with Crippen molar-refractivity contribution in [2.24, 2.45) is 0 Å². The minimum atomic E-state index is -0.471. The van der Waals surface area contributed by atoms with Crippen LogP contribution in [0.3, 0.4) is 0 Å². The van der Waals surface area contributed by atoms with Gasteiger partial charge in [0.2, 0.25) is 0 Å². The van der Waals surface area contributed by atoms with Crippen LogP contribution in [0.5, 0.6) is 5.75 Å². The van der Waals surface area contributed by atoms with Crippen molar-refractivity contribution in [3.8, 4) is 5.75 Å². The predicted octanol–water partition coefficient (Wildman–Crippen LogP) is 3.78. The molecule has 1 heterocycles. The summed E-state index contributed by atoms with van der Waals surface area (Å²) in [6.07, 6.45) is 4.26. The number of piperazine rings is 1. The van der Waals surface area contributed by atoms with Gasteiger partial charge >= 0.3 is 0 Å². The van der Waals surface area contributed by atoms with E-state index in [4.69, 9.17) is 16.3 Å². The van der Waals surface area contributed by atoms with Gasteiger partial charge in [-0.15, -0.1) is 0 Å². The van der Waals surface area contributed by atoms with E-state index in [2.05, 4.69) is 34.1 Å². The van der Waals surface area contributed by atoms with E-state index in [9.17, 15) is 5.11 Å². The quantitative estimate of drug-likeness (QED) is 0.800. The molecule has 1 unspecified atom stereocenters. The molecule has 2 aromatic carbocycles. The monoisotopic (exact) mass is 400 g/mol. The third-order valence-corrected chi connectivity index (χ3v) is 6.07. The smallest absolute Gasteiger partial charge is 0.122 e. The van der Waals surface area contributed by atoms with Gasteiger partial charge in [0.1, 0.15) is 18.5 Å². The maximum Gasteiger partial charge on any atom is 0.122 e. The first-order valence-electron chi connectivity index (χ1n) is 10.3. The number of fused-ring (bicyclic) bond motifs is 1. The molecule has 5 heteroatoms. The molecule has 0 aromatic heterocycles. The standard InChI is InChI=1S/C23H29ClN2O2/c24-19-8-10-20(11-9-19)26-14-12-25(13-15-26)16-21(27)17-28-23-7-3-5-18-4-1-2-6-22(18)23/h3,5,7-11,21,27H,1-2,4,6,12-17H2. The Morgan fingerprint density at radius 2 is 1.71 bits per heavy atom. The normalized spacial score (nSPS) is 18.6. The molecule has 0 radical (unpaired) electrons. The molecular formula is C23H29ClN2O2. The summed E-state index contributed by atoms with van der Waals surface area (Å²) in [4.78, 5) is 4.69. The Morgan fingerprint density at radius 3 is 2.50 bits per heavy atom. The van der Waals surface area contributed by atoms with Crippen LogP contribution in [-0.2, 0) is 12.8 Å². The lowest BCUT2D eigenvalue weighted by Crippen LogP contribution is -2.49. The van der Waals surface area contributed by atoms with Crippen molar-refractivity contribution in [3.63, 3.8) is 0 Å². The summed E-state index contributed by atoms with van der Waals surface area (Å²) in [5.74, 6) is 0.962. The maximum atomic E-state index is 10.5. The Labute approximate surface area is 172 Å². The molecule has 1 aliphatic carbocycles. The molecule has 4 nitrogen and oxygen atoms in total. The molecule has 2 aromatic rings. The highest BCUT2D eigenvalue weighted by Crippen LogP contribution is 2.29. The van der Waals surface area contributed by atoms with Crippen molar-refractivity contribution in [2.45, 2.75) is 31.8 Å². The predicted molar refractivity (Wildman–Crippen MR) is 115 cm³/mol. The number of halogens is 1. The number of ether oxygens (including phenoxy) is 1. The van der Waals surface area contributed by atoms with Gasteiger partial charge in [0, 0.05) is 43.4 Å². The number of hydrogen-bond donors (Lipinski definition) is 1. The fourth-order valence-corrected chi connectivity index (χ4v) is 4.38. The van der Waals surface area contributed by atoms with E-state index in [0.717, 1.165) is 49.8 Å². The summed E-state index contributed by atoms with van der Waals surface area (Å²) in [7, 11) is 0. The zero-order valence-electron chi connectivity index (χ0n) is 16.3. The summed E-state index contributed by atoms with van der Waals surface area (Å²) >= 11 is 5.98. The molecule has 1 aliphatic heterocycles. The lowest BCUT2D eigenvalue weighted by molar-refractivity contribution is 0.0659. The maximum absolute atomic E-state index is 10.5. The highest BCUT2D eigenvalue weighted by atomic mass is 35.5. The molecule has 1 fully saturated rings. The van der Waals surface area contributed by atoms with Crippen molar-refractivity contribution in [3.05, 3.63) is 58.6 Å². The number of aliphatic hydroxyl groups is 1. The fraction of sp³-hybridized carbons (Fsp3) is 0.478. The second kappa shape index (κ2) is 9.17. The van der Waals surface area contributed by atoms with Crippen LogP contribution in [0.1, 0.15) is 24.0 Å². The van der Waals surface area contributed by atoms with Crippen LogP contribution in [0.15, 0.2) is 42.5 Å². The third-order valence-electron chi connectivity index (χ3n) is 5.82. The van der Waals surface area contributed by atoms with Gasteiger partial charge in [-0.2, -0.15) is 0 Å². The van der Waals surface area contributed by atoms with E-state index in [-0.39, 0.29) is 0 Å². The molecule has 1 atom stereocenters. The summed E-state index contributed by atoms with van der Waals surface area (Å²) in [6, 6.07) is 14.3. The lowest BCUT2D eigenvalue weighted by atomic mass is 9.91. The van der Waals surface area contributed by atoms with Gasteiger partial charge in [0.25, 0.3) is 0 Å². The first-order valence-corrected chi connectivity index (χ1v) is 10.7. The highest BCUT2D eigenvalue weighted by molar-refractivity contribution is 6.30. The number of hydrogen-bond acceptors (Lipinski definition) is 4. The minimum Gasteiger partial charge on any atom is -0.491 e. The van der Waals surface area contributed by atoms with Gasteiger partial charge in [-0.1, -0.05) is 23.7 Å². The second-order valence-corrected chi connectivity index (χ2v) is 8.27. The van der Waals surface area contributed by atoms with Crippen molar-refractivity contribution >= 4 is 17.3 Å². The van der Waals surface area contributed by atoms with Crippen molar-refractivity contribution in [2.75, 3.05) is 44.2 Å². The first-order chi connectivity index (χ1) is 13.7. The average Bonchev–Trinajstić information content (AvgIpc) is 2.73. The van der Waals surface area contributed by atoms with Crippen LogP contribution in [0.25, 0.3) is 0 Å². The summed E-state index contributed by atoms with van der Waals surface area (Å²) in [6.45, 7) is 4.82. The minimum absolute atomic E-state index is 0.355. The van der Waals surface area contributed by atoms with Gasteiger partial charge in [-0.3, -0.25) is 4.90 Å². The fourth-order valence-electron chi connectivity index (χ4n) is 4.26. The second-order valence-electron chi connectivity index (χ2n) is 7.83. The van der Waals surface area contributed by atoms with Gasteiger partial charge in [0.15, 0.2) is 0 Å². The first kappa shape index (κ1) is 19.6. The molecule has 4 rings (SSSR count). The van der Waals surface area contributed by atoms with Crippen LogP contribution in [0.2, 0.25) is 5.02 Å². The number of β-amino-alcohol motifs (C(OH)–C–C–N with tert-alkyl or cyclic N) is 1. The number of benzene rings is 2. The summed E-state index contributed by atoms with van der Waals surface area (Å²) in [5.41, 5.74) is 3.97. The van der Waals surface area contributed by atoms with Gasteiger partial charge in [-0.25, -0.2) is 0 Å². The molecule has 28 heavy (non-hydrogen) atoms. The summed E-state index contributed by atoms with van der Waals surface area (Å²) < 4.78 is 6.01. The van der Waals surface area contributed by atoms with Crippen molar-refractivity contribution < 1.29 is 9.84 Å². The Morgan fingerprint density at radius 1 is 0.964 bits per heavy atom. The molecule has 150 valence electrons. The molecule has 1 saturated heterocycles. The SMILES string of the molecule is OC(COc1cccc2c1CCCC2)CN1CCN(c2ccc(Cl)cc2)CC1. The van der Waals surface area contributed by atoms with E-state index >= 15 is 0 Å². The number of nitrogens with zero attached hydrogens (tertiary/aromatic N) is 2. The van der Waals surface area contributed by atoms with Crippen LogP contribution in [0.4, 0.5) is 5.69 Å². The zero-order chi connectivity index (χ0) is 19.3. The summed E-state index contributed by atoms with van der Waals surface area (Å²) in [5, 5.41) is 11.3. The number of aliphatic hydroxyl groups excluding tert-OH is 1. The number of anilines is 1. The van der Waals surface area contributed by atoms with E-state index < -0.39 is 6.10 Å². The topological polar surface area (TPSA) is 35.9 Å². The Kier molecular flexibility index (Phi) is 6.40. The van der Waals surface area contributed by atoms with Gasteiger partial charge < -0.3 is 14.7 Å². The molecule has 0 amide bonds. The Hall–Kier alpha value is -1.75. The van der Waals surface area contributed by atoms with Crippen LogP contribution >= 0.6 is 11.6 Å². The van der Waals surface area contributed by atoms with Crippen molar-refractivity contribution in [1.82, 2.24) is 4.90 Å². The molecular weight excluding hydrogens is 372 g/mol. The average molecular weight is 401 g/mol.